The van der Waals surface area contributed by atoms with Crippen molar-refractivity contribution in [3.63, 3.8) is 0 Å². The summed E-state index contributed by atoms with van der Waals surface area (Å²) in [6, 6.07) is 13.7. The maximum Gasteiger partial charge on any atom is 0.234 e. The van der Waals surface area contributed by atoms with Gasteiger partial charge in [-0.1, -0.05) is 119 Å². The molecule has 0 aromatic rings. The van der Waals surface area contributed by atoms with Gasteiger partial charge in [-0.05, 0) is 24.6 Å². The summed E-state index contributed by atoms with van der Waals surface area (Å²) in [5.41, 5.74) is 0. The second-order valence-corrected chi connectivity index (χ2v) is 33.8. The molecule has 196 valence electrons. The van der Waals surface area contributed by atoms with E-state index in [2.05, 4.69) is 82.2 Å². The minimum Gasteiger partial charge on any atom is -0.211 e. The molecule has 0 N–H and O–H groups in total. The number of carbonyl (C=O) groups excluding carboxylic acids is 1. The van der Waals surface area contributed by atoms with Crippen LogP contribution in [0.5, 0.6) is 0 Å². The van der Waals surface area contributed by atoms with Crippen LogP contribution in [0.4, 0.5) is 0 Å². The molecule has 0 unspecified atom stereocenters. The smallest absolute Gasteiger partial charge is 0.211 e. The number of hydrogen-bond acceptors (Lipinski definition) is 2. The Labute approximate surface area is 217 Å². The maximum atomic E-state index is 10.7. The third kappa shape index (κ3) is 16.2. The molecule has 0 bridgehead atoms. The largest absolute Gasteiger partial charge is 0.234 e. The van der Waals surface area contributed by atoms with Gasteiger partial charge in [-0.15, -0.1) is 19.7 Å². The second kappa shape index (κ2) is 17.0. The van der Waals surface area contributed by atoms with Crippen molar-refractivity contribution in [2.75, 3.05) is 6.54 Å². The Morgan fingerprint density at radius 2 is 0.912 bits per heavy atom. The average molecular weight is 536 g/mol. The summed E-state index contributed by atoms with van der Waals surface area (Å²) in [5.74, 6) is 0. The van der Waals surface area contributed by atoms with Crippen LogP contribution < -0.4 is 0 Å². The zero-order valence-electron chi connectivity index (χ0n) is 23.8. The first kappa shape index (κ1) is 33.5. The Morgan fingerprint density at radius 3 is 1.21 bits per heavy atom. The molecule has 0 saturated carbocycles. The van der Waals surface area contributed by atoms with E-state index in [-0.39, 0.29) is 0 Å². The number of aliphatic imine (C=N–C) groups is 1. The lowest BCUT2D eigenvalue weighted by molar-refractivity contribution is 0.562. The summed E-state index contributed by atoms with van der Waals surface area (Å²) >= 11 is 0. The van der Waals surface area contributed by atoms with Crippen LogP contribution in [0.2, 0.25) is 99.7 Å². The molecule has 0 aliphatic carbocycles. The number of nitrogens with zero attached hydrogens (tertiary/aromatic N) is 1. The molecular formula is C28H57NOSi4. The maximum absolute atomic E-state index is 10.7. The van der Waals surface area contributed by atoms with Gasteiger partial charge in [0.15, 0.2) is 0 Å². The van der Waals surface area contributed by atoms with E-state index in [1.165, 1.54) is 79.7 Å². The number of allylic oxidation sites excluding steroid dienone is 3. The predicted molar refractivity (Wildman–Crippen MR) is 168 cm³/mol. The van der Waals surface area contributed by atoms with Crippen LogP contribution in [0.25, 0.3) is 0 Å². The number of rotatable bonds is 22. The zero-order chi connectivity index (χ0) is 26.1. The highest BCUT2D eigenvalue weighted by Gasteiger charge is 2.34. The molecule has 6 heteroatoms. The van der Waals surface area contributed by atoms with E-state index in [1.54, 1.807) is 6.08 Å². The minimum absolute atomic E-state index is 0.669. The highest BCUT2D eigenvalue weighted by atomic mass is 28.3. The van der Waals surface area contributed by atoms with Gasteiger partial charge in [0.05, 0.1) is 38.8 Å². The van der Waals surface area contributed by atoms with Crippen LogP contribution in [-0.2, 0) is 4.79 Å². The van der Waals surface area contributed by atoms with Crippen LogP contribution in [0.1, 0.15) is 25.7 Å². The molecule has 0 spiro atoms. The third-order valence-corrected chi connectivity index (χ3v) is 22.8. The molecule has 0 aliphatic rings. The lowest BCUT2D eigenvalue weighted by Gasteiger charge is -2.35. The van der Waals surface area contributed by atoms with E-state index in [1.807, 2.05) is 0 Å². The van der Waals surface area contributed by atoms with Crippen molar-refractivity contribution >= 4 is 38.4 Å². The van der Waals surface area contributed by atoms with Crippen molar-refractivity contribution in [1.82, 2.24) is 0 Å². The topological polar surface area (TPSA) is 29.4 Å². The first-order valence-electron chi connectivity index (χ1n) is 13.7. The fraction of sp³-hybridized carbons (Fsp3) is 0.750. The molecule has 0 aromatic carbocycles. The Balaban J connectivity index is 5.52. The summed E-state index contributed by atoms with van der Waals surface area (Å²) in [4.78, 5) is 14.6. The van der Waals surface area contributed by atoms with Gasteiger partial charge in [-0.3, -0.25) is 0 Å². The fourth-order valence-corrected chi connectivity index (χ4v) is 18.2. The van der Waals surface area contributed by atoms with Crippen molar-refractivity contribution in [1.29, 1.82) is 0 Å². The van der Waals surface area contributed by atoms with Gasteiger partial charge in [0.2, 0.25) is 6.08 Å². The van der Waals surface area contributed by atoms with Crippen LogP contribution in [0.3, 0.4) is 0 Å². The molecule has 0 heterocycles. The van der Waals surface area contributed by atoms with Crippen molar-refractivity contribution in [3.05, 3.63) is 38.0 Å². The van der Waals surface area contributed by atoms with Gasteiger partial charge in [-0.25, -0.2) is 9.79 Å². The van der Waals surface area contributed by atoms with Crippen molar-refractivity contribution in [2.45, 2.75) is 125 Å². The lowest BCUT2D eigenvalue weighted by atomic mass is 10.5. The van der Waals surface area contributed by atoms with Crippen LogP contribution in [0.15, 0.2) is 43.0 Å². The molecule has 0 amide bonds. The monoisotopic (exact) mass is 535 g/mol. The van der Waals surface area contributed by atoms with Crippen LogP contribution >= 0.6 is 0 Å². The second-order valence-electron chi connectivity index (χ2n) is 13.1. The highest BCUT2D eigenvalue weighted by molar-refractivity contribution is 6.82. The van der Waals surface area contributed by atoms with Crippen LogP contribution in [0, 0.1) is 0 Å². The molecule has 0 rings (SSSR count). The predicted octanol–water partition coefficient (Wildman–Crippen LogP) is 10.0. The Hall–Kier alpha value is -0.532. The molecule has 0 fully saturated rings. The molecular weight excluding hydrogens is 479 g/mol. The fourth-order valence-electron chi connectivity index (χ4n) is 5.63. The lowest BCUT2D eigenvalue weighted by Crippen LogP contribution is -2.37. The quantitative estimate of drug-likeness (QED) is 0.0445. The third-order valence-electron chi connectivity index (χ3n) is 7.81. The molecule has 34 heavy (non-hydrogen) atoms. The summed E-state index contributed by atoms with van der Waals surface area (Å²) in [5, 5.41) is 0. The number of isocyanates is 1. The molecule has 2 nitrogen and oxygen atoms in total. The summed E-state index contributed by atoms with van der Waals surface area (Å²) < 4.78 is 0. The van der Waals surface area contributed by atoms with Crippen molar-refractivity contribution < 1.29 is 4.79 Å². The Morgan fingerprint density at radius 1 is 0.588 bits per heavy atom. The van der Waals surface area contributed by atoms with E-state index in [4.69, 9.17) is 0 Å². The zero-order valence-corrected chi connectivity index (χ0v) is 27.8. The van der Waals surface area contributed by atoms with E-state index in [9.17, 15) is 4.79 Å². The van der Waals surface area contributed by atoms with Gasteiger partial charge in [0.25, 0.3) is 0 Å². The van der Waals surface area contributed by atoms with Gasteiger partial charge >= 0.3 is 0 Å². The van der Waals surface area contributed by atoms with E-state index in [0.717, 1.165) is 6.42 Å². The minimum atomic E-state index is -1.41. The summed E-state index contributed by atoms with van der Waals surface area (Å²) in [6.07, 6.45) is 13.5. The molecule has 0 radical (unpaired) electrons. The first-order chi connectivity index (χ1) is 15.9. The normalized spacial score (nSPS) is 12.8. The van der Waals surface area contributed by atoms with Gasteiger partial charge in [0, 0.05) is 0 Å². The molecule has 0 aromatic heterocycles. The molecule has 0 atom stereocenters. The SMILES string of the molecule is C=CC[Si](C)(C)CCC[Si](CCCN=C=O)(CCC[Si](C)(C)CC=C)CCC[Si](C)(C)CC=C. The van der Waals surface area contributed by atoms with Gasteiger partial charge in [-0.2, -0.15) is 0 Å². The highest BCUT2D eigenvalue weighted by Crippen LogP contribution is 2.37. The van der Waals surface area contributed by atoms with Crippen molar-refractivity contribution in [3.8, 4) is 0 Å². The van der Waals surface area contributed by atoms with Crippen molar-refractivity contribution in [2.24, 2.45) is 4.99 Å². The van der Waals surface area contributed by atoms with Gasteiger partial charge in [0.1, 0.15) is 0 Å². The van der Waals surface area contributed by atoms with E-state index in [0.29, 0.717) is 6.54 Å². The average Bonchev–Trinajstić information content (AvgIpc) is 2.70. The number of hydrogen-bond donors (Lipinski definition) is 0. The van der Waals surface area contributed by atoms with Gasteiger partial charge < -0.3 is 0 Å². The first-order valence-corrected chi connectivity index (χ1v) is 26.8. The summed E-state index contributed by atoms with van der Waals surface area (Å²) in [6.45, 7) is 27.9. The Bertz CT molecular complexity index is 581. The standard InChI is InChI=1S/C28H57NOSi4/c1-10-18-31(4,5)21-14-25-34(24-13-17-29-28-30,26-15-22-32(6,7)19-11-2)27-16-23-33(8,9)20-12-3/h10-12H,1-3,13-27H2,4-9H3. The Kier molecular flexibility index (Phi) is 16.7. The molecule has 0 saturated heterocycles. The van der Waals surface area contributed by atoms with Crippen LogP contribution in [-0.4, -0.2) is 44.9 Å². The molecule has 0 aliphatic heterocycles. The van der Waals surface area contributed by atoms with E-state index < -0.39 is 32.3 Å². The summed E-state index contributed by atoms with van der Waals surface area (Å²) in [7, 11) is -4.91. The van der Waals surface area contributed by atoms with E-state index >= 15 is 0 Å².